The molecule has 0 fully saturated rings. The Morgan fingerprint density at radius 1 is 0.149 bits per heavy atom. The largest absolute Gasteiger partial charge is 0.455 e. The second kappa shape index (κ2) is 26.2. The smallest absolute Gasteiger partial charge is 0.160 e. The predicted octanol–water partition coefficient (Wildman–Crippen LogP) is 29.6. The minimum atomic E-state index is 0.900. The molecule has 0 atom stereocenters. The molecule has 18 aromatic carbocycles. The van der Waals surface area contributed by atoms with Crippen molar-refractivity contribution in [2.75, 3.05) is 0 Å². The second-order valence-corrected chi connectivity index (χ2v) is 29.8. The summed E-state index contributed by atoms with van der Waals surface area (Å²) in [6, 6.07) is 149. The van der Waals surface area contributed by atoms with E-state index in [4.69, 9.17) is 8.83 Å². The standard InChI is InChI=1S/2C54H34N2O/c1-3-11-35(12-4-1)37-19-25-41(26-20-37)55-49-17-9-7-15-43(49)47-33-39(23-31-50(47)55)40-24-32-51-48(34-40)45-29-30-46-44-16-8-10-18-52(44)57-54(46)53(45)56(51)42-27-21-38(22-28-42)36-13-5-2-6-14-36;1-3-11-35(12-4-1)37-19-25-41(26-20-37)55-48-17-9-7-15-43(48)46-33-39(23-30-49(46)55)40-24-31-50-47(34-40)53-51(32-29-45-44-16-8-10-18-52(44)57-54(45)53)56(50)42-27-21-38(22-28-42)36-13-5-2-6-14-36/h2*1-34H. The molecule has 0 bridgehead atoms. The molecule has 0 aliphatic carbocycles. The number of hydrogen-bond donors (Lipinski definition) is 0. The Morgan fingerprint density at radius 3 is 0.833 bits per heavy atom. The molecule has 0 unspecified atom stereocenters. The van der Waals surface area contributed by atoms with E-state index in [1.54, 1.807) is 0 Å². The highest BCUT2D eigenvalue weighted by atomic mass is 16.3. The number of furan rings is 2. The molecule has 6 aromatic heterocycles. The van der Waals surface area contributed by atoms with E-state index in [2.05, 4.69) is 419 Å². The van der Waals surface area contributed by atoms with Crippen molar-refractivity contribution in [3.8, 4) is 89.5 Å². The Balaban J connectivity index is 0.000000135. The lowest BCUT2D eigenvalue weighted by molar-refractivity contribution is 0.671. The van der Waals surface area contributed by atoms with Gasteiger partial charge in [0.2, 0.25) is 0 Å². The second-order valence-electron chi connectivity index (χ2n) is 29.8. The van der Waals surface area contributed by atoms with Crippen molar-refractivity contribution in [2.45, 2.75) is 0 Å². The topological polar surface area (TPSA) is 46.0 Å². The molecule has 114 heavy (non-hydrogen) atoms. The van der Waals surface area contributed by atoms with Crippen LogP contribution in [0.25, 0.3) is 221 Å². The lowest BCUT2D eigenvalue weighted by atomic mass is 10.00. The number of rotatable bonds is 10. The third-order valence-electron chi connectivity index (χ3n) is 23.5. The van der Waals surface area contributed by atoms with Gasteiger partial charge in [0.25, 0.3) is 0 Å². The first-order valence-corrected chi connectivity index (χ1v) is 39.0. The van der Waals surface area contributed by atoms with Crippen LogP contribution in [0, 0.1) is 0 Å². The minimum Gasteiger partial charge on any atom is -0.455 e. The van der Waals surface area contributed by atoms with Crippen LogP contribution in [0.3, 0.4) is 0 Å². The van der Waals surface area contributed by atoms with Crippen LogP contribution in [-0.4, -0.2) is 18.3 Å². The van der Waals surface area contributed by atoms with Crippen LogP contribution in [0.4, 0.5) is 0 Å². The van der Waals surface area contributed by atoms with E-state index in [9.17, 15) is 0 Å². The zero-order valence-electron chi connectivity index (χ0n) is 61.9. The molecular formula is C108H68N4O2. The first kappa shape index (κ1) is 64.7. The van der Waals surface area contributed by atoms with Crippen molar-refractivity contribution in [1.82, 2.24) is 18.3 Å². The summed E-state index contributed by atoms with van der Waals surface area (Å²) in [5.41, 5.74) is 31.8. The molecule has 532 valence electrons. The summed E-state index contributed by atoms with van der Waals surface area (Å²) in [4.78, 5) is 0. The molecule has 6 nitrogen and oxygen atoms in total. The van der Waals surface area contributed by atoms with E-state index in [1.165, 1.54) is 127 Å². The Labute approximate surface area is 656 Å². The zero-order chi connectivity index (χ0) is 74.9. The van der Waals surface area contributed by atoms with Gasteiger partial charge >= 0.3 is 0 Å². The summed E-state index contributed by atoms with van der Waals surface area (Å²) in [7, 11) is 0. The summed E-state index contributed by atoms with van der Waals surface area (Å²) in [5.74, 6) is 0. The average molecular weight is 1450 g/mol. The molecule has 6 heterocycles. The predicted molar refractivity (Wildman–Crippen MR) is 477 cm³/mol. The number of nitrogens with zero attached hydrogens (tertiary/aromatic N) is 4. The number of hydrogen-bond acceptors (Lipinski definition) is 2. The first-order chi connectivity index (χ1) is 56.5. The van der Waals surface area contributed by atoms with Gasteiger partial charge in [0.05, 0.1) is 49.5 Å². The Bertz CT molecular complexity index is 7890. The molecule has 0 N–H and O–H groups in total. The van der Waals surface area contributed by atoms with Gasteiger partial charge in [-0.15, -0.1) is 0 Å². The van der Waals surface area contributed by atoms with Gasteiger partial charge in [-0.1, -0.05) is 273 Å². The number of fused-ring (bicyclic) bond motifs is 20. The SMILES string of the molecule is c1ccc(-c2ccc(-n3c4ccccc4c4cc(-c5ccc6c(c5)c5c7oc8ccccc8c7ccc5n6-c5ccc(-c6ccccc6)cc5)ccc43)cc2)cc1.c1ccc(-c2ccc(-n3c4ccccc4c4cc(-c5ccc6c(c5)c5ccc7c8ccccc8oc7c5n6-c5ccc(-c6ccccc6)cc5)ccc43)cc2)cc1. The number of para-hydroxylation sites is 4. The maximum atomic E-state index is 6.71. The van der Waals surface area contributed by atoms with Gasteiger partial charge in [-0.05, 0) is 206 Å². The van der Waals surface area contributed by atoms with E-state index in [-0.39, 0.29) is 0 Å². The Kier molecular flexibility index (Phi) is 14.9. The van der Waals surface area contributed by atoms with Crippen LogP contribution < -0.4 is 0 Å². The fraction of sp³-hybridized carbons (Fsp3) is 0. The van der Waals surface area contributed by atoms with Gasteiger partial charge in [-0.3, -0.25) is 0 Å². The van der Waals surface area contributed by atoms with Gasteiger partial charge in [0.1, 0.15) is 16.7 Å². The molecule has 24 rings (SSSR count). The van der Waals surface area contributed by atoms with Gasteiger partial charge in [0, 0.05) is 82.0 Å². The van der Waals surface area contributed by atoms with E-state index in [0.29, 0.717) is 0 Å². The van der Waals surface area contributed by atoms with E-state index < -0.39 is 0 Å². The molecule has 24 aromatic rings. The van der Waals surface area contributed by atoms with Gasteiger partial charge in [-0.2, -0.15) is 0 Å². The van der Waals surface area contributed by atoms with Crippen LogP contribution in [0.2, 0.25) is 0 Å². The maximum Gasteiger partial charge on any atom is 0.160 e. The molecular weight excluding hydrogens is 1390 g/mol. The van der Waals surface area contributed by atoms with Crippen molar-refractivity contribution in [1.29, 1.82) is 0 Å². The molecule has 0 aliphatic heterocycles. The summed E-state index contributed by atoms with van der Waals surface area (Å²) < 4.78 is 23.0. The minimum absolute atomic E-state index is 0.900. The third-order valence-corrected chi connectivity index (χ3v) is 23.5. The summed E-state index contributed by atoms with van der Waals surface area (Å²) in [6.45, 7) is 0. The van der Waals surface area contributed by atoms with Crippen molar-refractivity contribution >= 4 is 131 Å². The van der Waals surface area contributed by atoms with Crippen molar-refractivity contribution in [3.63, 3.8) is 0 Å². The molecule has 0 amide bonds. The number of benzene rings is 18. The molecule has 0 aliphatic rings. The van der Waals surface area contributed by atoms with Gasteiger partial charge in [-0.25, -0.2) is 0 Å². The molecule has 6 heteroatoms. The zero-order valence-corrected chi connectivity index (χ0v) is 61.9. The highest BCUT2D eigenvalue weighted by Crippen LogP contribution is 2.47. The van der Waals surface area contributed by atoms with Crippen LogP contribution >= 0.6 is 0 Å². The monoisotopic (exact) mass is 1450 g/mol. The summed E-state index contributed by atoms with van der Waals surface area (Å²) in [5, 5.41) is 14.1. The first-order valence-electron chi connectivity index (χ1n) is 39.0. The third kappa shape index (κ3) is 10.5. The average Bonchev–Trinajstić information content (AvgIpc) is 1.56. The van der Waals surface area contributed by atoms with E-state index >= 15 is 0 Å². The summed E-state index contributed by atoms with van der Waals surface area (Å²) >= 11 is 0. The molecule has 0 saturated heterocycles. The molecule has 0 spiro atoms. The maximum absolute atomic E-state index is 6.71. The van der Waals surface area contributed by atoms with Crippen molar-refractivity contribution < 1.29 is 8.83 Å². The fourth-order valence-corrected chi connectivity index (χ4v) is 18.1. The summed E-state index contributed by atoms with van der Waals surface area (Å²) in [6.07, 6.45) is 0. The lowest BCUT2D eigenvalue weighted by Crippen LogP contribution is -1.94. The number of aromatic nitrogens is 4. The Morgan fingerprint density at radius 2 is 0.412 bits per heavy atom. The highest BCUT2D eigenvalue weighted by Gasteiger charge is 2.24. The van der Waals surface area contributed by atoms with Crippen molar-refractivity contribution in [2.24, 2.45) is 0 Å². The van der Waals surface area contributed by atoms with Crippen LogP contribution in [-0.2, 0) is 0 Å². The van der Waals surface area contributed by atoms with Gasteiger partial charge < -0.3 is 27.1 Å². The quantitative estimate of drug-likeness (QED) is 0.137. The van der Waals surface area contributed by atoms with E-state index in [1.807, 2.05) is 12.1 Å². The lowest BCUT2D eigenvalue weighted by Gasteiger charge is -2.11. The van der Waals surface area contributed by atoms with Crippen LogP contribution in [0.1, 0.15) is 0 Å². The molecule has 0 saturated carbocycles. The molecule has 0 radical (unpaired) electrons. The van der Waals surface area contributed by atoms with Crippen LogP contribution in [0.15, 0.2) is 421 Å². The van der Waals surface area contributed by atoms with Gasteiger partial charge in [0.15, 0.2) is 5.58 Å². The van der Waals surface area contributed by atoms with Crippen molar-refractivity contribution in [3.05, 3.63) is 413 Å². The van der Waals surface area contributed by atoms with Crippen LogP contribution in [0.5, 0.6) is 0 Å². The van der Waals surface area contributed by atoms with E-state index in [0.717, 1.165) is 94.1 Å². The highest BCUT2D eigenvalue weighted by molar-refractivity contribution is 6.25. The normalized spacial score (nSPS) is 11.9. The fourth-order valence-electron chi connectivity index (χ4n) is 18.1. The Hall–Kier alpha value is -15.2.